The molecule has 1 aromatic heterocycles. The Bertz CT molecular complexity index is 1290. The zero-order valence-electron chi connectivity index (χ0n) is 17.9. The summed E-state index contributed by atoms with van der Waals surface area (Å²) < 4.78 is 0. The van der Waals surface area contributed by atoms with Crippen molar-refractivity contribution in [3.8, 4) is 11.1 Å². The summed E-state index contributed by atoms with van der Waals surface area (Å²) in [5.74, 6) is -1.34. The molecule has 2 N–H and O–H groups in total. The normalized spacial score (nSPS) is 19.3. The zero-order chi connectivity index (χ0) is 22.8. The number of carboxylic acids is 1. The van der Waals surface area contributed by atoms with E-state index in [2.05, 4.69) is 19.2 Å². The van der Waals surface area contributed by atoms with Gasteiger partial charge in [0.05, 0.1) is 17.0 Å². The second-order valence-corrected chi connectivity index (χ2v) is 9.63. The molecule has 2 aromatic carbocycles. The fourth-order valence-electron chi connectivity index (χ4n) is 4.83. The van der Waals surface area contributed by atoms with Gasteiger partial charge < -0.3 is 15.3 Å². The van der Waals surface area contributed by atoms with E-state index in [0.29, 0.717) is 21.7 Å². The SMILES string of the molecule is CC(C)c1ccc2c(c1)C1(CC(=O)Nc3c1sc(C(=O)O)c3-c1ccccc1)C(=O)N2C. The van der Waals surface area contributed by atoms with Crippen LogP contribution in [-0.4, -0.2) is 29.9 Å². The zero-order valence-corrected chi connectivity index (χ0v) is 18.7. The van der Waals surface area contributed by atoms with Gasteiger partial charge in [-0.25, -0.2) is 4.79 Å². The molecule has 2 amide bonds. The van der Waals surface area contributed by atoms with Crippen molar-refractivity contribution in [2.45, 2.75) is 31.6 Å². The summed E-state index contributed by atoms with van der Waals surface area (Å²) >= 11 is 1.08. The van der Waals surface area contributed by atoms with Gasteiger partial charge in [0.25, 0.3) is 0 Å². The van der Waals surface area contributed by atoms with E-state index < -0.39 is 11.4 Å². The molecule has 0 aliphatic carbocycles. The van der Waals surface area contributed by atoms with E-state index in [4.69, 9.17) is 0 Å². The number of carboxylic acid groups (broad SMARTS) is 1. The van der Waals surface area contributed by atoms with Gasteiger partial charge in [0, 0.05) is 18.3 Å². The standard InChI is InChI=1S/C25H22N2O4S/c1-13(2)15-9-10-17-16(11-15)25(24(31)27(17)3)12-18(28)26-20-19(14-7-5-4-6-8-14)21(23(29)30)32-22(20)25/h4-11,13H,12H2,1-3H3,(H,26,28)(H,29,30). The predicted octanol–water partition coefficient (Wildman–Crippen LogP) is 4.84. The Balaban J connectivity index is 1.86. The van der Waals surface area contributed by atoms with Crippen molar-refractivity contribution in [3.05, 3.63) is 69.4 Å². The van der Waals surface area contributed by atoms with E-state index in [1.807, 2.05) is 48.5 Å². The van der Waals surface area contributed by atoms with Crippen LogP contribution in [0.1, 0.15) is 51.9 Å². The molecular weight excluding hydrogens is 424 g/mol. The van der Waals surface area contributed by atoms with Crippen LogP contribution in [0.25, 0.3) is 11.1 Å². The number of benzene rings is 2. The Hall–Kier alpha value is -3.45. The van der Waals surface area contributed by atoms with E-state index in [9.17, 15) is 19.5 Å². The number of thiophene rings is 1. The van der Waals surface area contributed by atoms with Crippen molar-refractivity contribution in [3.63, 3.8) is 0 Å². The van der Waals surface area contributed by atoms with Gasteiger partial charge in [-0.2, -0.15) is 0 Å². The topological polar surface area (TPSA) is 86.7 Å². The number of amides is 2. The Morgan fingerprint density at radius 3 is 2.53 bits per heavy atom. The summed E-state index contributed by atoms with van der Waals surface area (Å²) in [6, 6.07) is 15.1. The molecule has 1 spiro atoms. The highest BCUT2D eigenvalue weighted by Gasteiger charge is 2.57. The summed E-state index contributed by atoms with van der Waals surface area (Å²) in [5.41, 5.74) is 2.94. The maximum absolute atomic E-state index is 13.8. The lowest BCUT2D eigenvalue weighted by atomic mass is 9.73. The van der Waals surface area contributed by atoms with Gasteiger partial charge in [-0.1, -0.05) is 56.3 Å². The average molecular weight is 447 g/mol. The van der Waals surface area contributed by atoms with Gasteiger partial charge >= 0.3 is 5.97 Å². The van der Waals surface area contributed by atoms with Gasteiger partial charge in [0.15, 0.2) is 0 Å². The van der Waals surface area contributed by atoms with Crippen LogP contribution in [0.4, 0.5) is 11.4 Å². The highest BCUT2D eigenvalue weighted by molar-refractivity contribution is 7.15. The molecule has 6 nitrogen and oxygen atoms in total. The average Bonchev–Trinajstić information content (AvgIpc) is 3.25. The summed E-state index contributed by atoms with van der Waals surface area (Å²) in [6.07, 6.45) is -0.0501. The van der Waals surface area contributed by atoms with Crippen LogP contribution in [0.3, 0.4) is 0 Å². The molecule has 32 heavy (non-hydrogen) atoms. The maximum atomic E-state index is 13.8. The van der Waals surface area contributed by atoms with Crippen LogP contribution in [0.5, 0.6) is 0 Å². The van der Waals surface area contributed by atoms with E-state index in [0.717, 1.165) is 28.2 Å². The van der Waals surface area contributed by atoms with Gasteiger partial charge in [-0.3, -0.25) is 9.59 Å². The smallest absolute Gasteiger partial charge is 0.346 e. The minimum Gasteiger partial charge on any atom is -0.477 e. The molecule has 1 atom stereocenters. The number of nitrogens with one attached hydrogen (secondary N) is 1. The van der Waals surface area contributed by atoms with Crippen molar-refractivity contribution in [2.24, 2.45) is 0 Å². The van der Waals surface area contributed by atoms with Crippen LogP contribution >= 0.6 is 11.3 Å². The molecule has 2 aliphatic rings. The Kier molecular flexibility index (Phi) is 4.49. The summed E-state index contributed by atoms with van der Waals surface area (Å²) in [4.78, 5) is 41.3. The molecule has 1 unspecified atom stereocenters. The first-order valence-corrected chi connectivity index (χ1v) is 11.3. The molecule has 0 saturated carbocycles. The Morgan fingerprint density at radius 1 is 1.16 bits per heavy atom. The highest BCUT2D eigenvalue weighted by Crippen LogP contribution is 2.57. The third-order valence-corrected chi connectivity index (χ3v) is 7.76. The number of anilines is 2. The molecule has 0 fully saturated rings. The lowest BCUT2D eigenvalue weighted by molar-refractivity contribution is -0.126. The van der Waals surface area contributed by atoms with Crippen molar-refractivity contribution >= 4 is 40.5 Å². The molecule has 5 rings (SSSR count). The molecule has 3 heterocycles. The number of hydrogen-bond donors (Lipinski definition) is 2. The number of hydrogen-bond acceptors (Lipinski definition) is 4. The molecule has 0 radical (unpaired) electrons. The number of likely N-dealkylation sites (N-methyl/N-ethyl adjacent to an activating group) is 1. The second kappa shape index (κ2) is 7.03. The van der Waals surface area contributed by atoms with Crippen LogP contribution < -0.4 is 10.2 Å². The van der Waals surface area contributed by atoms with Crippen molar-refractivity contribution in [2.75, 3.05) is 17.3 Å². The van der Waals surface area contributed by atoms with Crippen molar-refractivity contribution in [1.82, 2.24) is 0 Å². The number of rotatable bonds is 3. The van der Waals surface area contributed by atoms with Crippen LogP contribution in [0.15, 0.2) is 48.5 Å². The van der Waals surface area contributed by atoms with E-state index in [1.165, 1.54) is 0 Å². The van der Waals surface area contributed by atoms with Gasteiger partial charge in [-0.05, 0) is 28.7 Å². The number of nitrogens with zero attached hydrogens (tertiary/aromatic N) is 1. The summed E-state index contributed by atoms with van der Waals surface area (Å²) in [6.45, 7) is 4.16. The molecule has 2 aliphatic heterocycles. The largest absolute Gasteiger partial charge is 0.477 e. The van der Waals surface area contributed by atoms with Crippen LogP contribution in [-0.2, 0) is 15.0 Å². The molecule has 0 bridgehead atoms. The number of carbonyl (C=O) groups excluding carboxylic acids is 2. The second-order valence-electron chi connectivity index (χ2n) is 8.61. The fraction of sp³-hybridized carbons (Fsp3) is 0.240. The molecule has 7 heteroatoms. The fourth-order valence-corrected chi connectivity index (χ4v) is 6.15. The summed E-state index contributed by atoms with van der Waals surface area (Å²) in [5, 5.41) is 12.9. The Labute approximate surface area is 189 Å². The van der Waals surface area contributed by atoms with Crippen LogP contribution in [0, 0.1) is 0 Å². The van der Waals surface area contributed by atoms with E-state index in [1.54, 1.807) is 11.9 Å². The van der Waals surface area contributed by atoms with Gasteiger partial charge in [0.1, 0.15) is 10.3 Å². The molecule has 162 valence electrons. The summed E-state index contributed by atoms with van der Waals surface area (Å²) in [7, 11) is 1.71. The molecule has 3 aromatic rings. The van der Waals surface area contributed by atoms with Crippen LogP contribution in [0.2, 0.25) is 0 Å². The lowest BCUT2D eigenvalue weighted by Crippen LogP contribution is -2.45. The number of carbonyl (C=O) groups is 3. The first-order valence-electron chi connectivity index (χ1n) is 10.4. The highest BCUT2D eigenvalue weighted by atomic mass is 32.1. The first kappa shape index (κ1) is 20.5. The maximum Gasteiger partial charge on any atom is 0.346 e. The predicted molar refractivity (Wildman–Crippen MR) is 125 cm³/mol. The minimum atomic E-state index is -1.23. The van der Waals surface area contributed by atoms with Gasteiger partial charge in [-0.15, -0.1) is 11.3 Å². The Morgan fingerprint density at radius 2 is 1.88 bits per heavy atom. The van der Waals surface area contributed by atoms with E-state index >= 15 is 0 Å². The van der Waals surface area contributed by atoms with Crippen molar-refractivity contribution < 1.29 is 19.5 Å². The third kappa shape index (κ3) is 2.67. The quantitative estimate of drug-likeness (QED) is 0.603. The third-order valence-electron chi connectivity index (χ3n) is 6.42. The lowest BCUT2D eigenvalue weighted by Gasteiger charge is -2.32. The molecular formula is C25H22N2O4S. The molecule has 0 saturated heterocycles. The van der Waals surface area contributed by atoms with E-state index in [-0.39, 0.29) is 29.0 Å². The first-order chi connectivity index (χ1) is 15.3. The van der Waals surface area contributed by atoms with Crippen molar-refractivity contribution in [1.29, 1.82) is 0 Å². The van der Waals surface area contributed by atoms with Gasteiger partial charge in [0.2, 0.25) is 11.8 Å². The minimum absolute atomic E-state index is 0.0501. The monoisotopic (exact) mass is 446 g/mol. The number of aromatic carboxylic acids is 1. The number of fused-ring (bicyclic) bond motifs is 4.